The number of likely N-dealkylation sites (tertiary alicyclic amines) is 1. The van der Waals surface area contributed by atoms with Crippen molar-refractivity contribution >= 4 is 27.5 Å². The van der Waals surface area contributed by atoms with Crippen molar-refractivity contribution in [3.63, 3.8) is 0 Å². The molecule has 19 heavy (non-hydrogen) atoms. The van der Waals surface area contributed by atoms with Gasteiger partial charge in [0.05, 0.1) is 4.47 Å². The highest BCUT2D eigenvalue weighted by molar-refractivity contribution is 9.10. The van der Waals surface area contributed by atoms with Crippen LogP contribution in [0.3, 0.4) is 0 Å². The zero-order valence-electron chi connectivity index (χ0n) is 11.5. The maximum Gasteiger partial charge on any atom is 0.133 e. The van der Waals surface area contributed by atoms with Gasteiger partial charge in [-0.05, 0) is 52.4 Å². The number of hydrogen-bond donors (Lipinski definition) is 0. The molecule has 1 heterocycles. The molecular weight excluding hydrogens is 326 g/mol. The van der Waals surface area contributed by atoms with Gasteiger partial charge < -0.3 is 4.74 Å². The third kappa shape index (κ3) is 4.66. The maximum atomic E-state index is 5.91. The number of benzene rings is 1. The number of nitrogens with zero attached hydrogens (tertiary/aromatic N) is 1. The van der Waals surface area contributed by atoms with Gasteiger partial charge in [-0.2, -0.15) is 0 Å². The molecule has 0 aromatic heterocycles. The van der Waals surface area contributed by atoms with Crippen molar-refractivity contribution in [2.75, 3.05) is 26.2 Å². The fourth-order valence-electron chi connectivity index (χ4n) is 2.85. The van der Waals surface area contributed by atoms with E-state index < -0.39 is 0 Å². The number of piperidine rings is 1. The number of hydrogen-bond acceptors (Lipinski definition) is 2. The predicted octanol–water partition coefficient (Wildman–Crippen LogP) is 4.46. The minimum atomic E-state index is 0.720. The zero-order chi connectivity index (χ0) is 13.8. The molecule has 106 valence electrons. The molecule has 0 radical (unpaired) electrons. The first-order chi connectivity index (χ1) is 9.04. The van der Waals surface area contributed by atoms with Crippen molar-refractivity contribution < 1.29 is 4.74 Å². The van der Waals surface area contributed by atoms with Gasteiger partial charge in [0, 0.05) is 24.7 Å². The summed E-state index contributed by atoms with van der Waals surface area (Å²) in [6.07, 6.45) is 1.35. The molecule has 1 aliphatic rings. The minimum absolute atomic E-state index is 0.720. The smallest absolute Gasteiger partial charge is 0.133 e. The first-order valence-corrected chi connectivity index (χ1v) is 8.02. The molecule has 0 unspecified atom stereocenters. The van der Waals surface area contributed by atoms with Crippen molar-refractivity contribution in [2.24, 2.45) is 11.8 Å². The molecule has 1 fully saturated rings. The maximum absolute atomic E-state index is 5.91. The average molecular weight is 347 g/mol. The first kappa shape index (κ1) is 15.1. The SMILES string of the molecule is C[C@H]1C[C@H](C)CN(CCOc2ccc(Cl)cc2Br)C1. The minimum Gasteiger partial charge on any atom is -0.491 e. The second-order valence-corrected chi connectivity index (χ2v) is 6.92. The highest BCUT2D eigenvalue weighted by atomic mass is 79.9. The summed E-state index contributed by atoms with van der Waals surface area (Å²) in [6, 6.07) is 5.63. The Morgan fingerprint density at radius 1 is 1.32 bits per heavy atom. The van der Waals surface area contributed by atoms with Crippen LogP contribution < -0.4 is 4.74 Å². The van der Waals surface area contributed by atoms with Gasteiger partial charge in [0.15, 0.2) is 0 Å². The molecule has 0 saturated carbocycles. The zero-order valence-corrected chi connectivity index (χ0v) is 13.9. The molecule has 4 heteroatoms. The largest absolute Gasteiger partial charge is 0.491 e. The molecule has 2 nitrogen and oxygen atoms in total. The van der Waals surface area contributed by atoms with Crippen LogP contribution in [0.2, 0.25) is 5.02 Å². The standard InChI is InChI=1S/C15H21BrClNO/c1-11-7-12(2)10-18(9-11)5-6-19-15-4-3-13(17)8-14(15)16/h3-4,8,11-12H,5-7,9-10H2,1-2H3/t11-,12-/m0/s1. The highest BCUT2D eigenvalue weighted by Crippen LogP contribution is 2.28. The summed E-state index contributed by atoms with van der Waals surface area (Å²) >= 11 is 9.38. The lowest BCUT2D eigenvalue weighted by Gasteiger charge is -2.34. The third-order valence-corrected chi connectivity index (χ3v) is 4.36. The Hall–Kier alpha value is -0.250. The quantitative estimate of drug-likeness (QED) is 0.798. The summed E-state index contributed by atoms with van der Waals surface area (Å²) in [5, 5.41) is 0.720. The second-order valence-electron chi connectivity index (χ2n) is 5.63. The lowest BCUT2D eigenvalue weighted by molar-refractivity contribution is 0.120. The van der Waals surface area contributed by atoms with E-state index in [-0.39, 0.29) is 0 Å². The van der Waals surface area contributed by atoms with E-state index in [1.165, 1.54) is 19.5 Å². The molecule has 0 N–H and O–H groups in total. The van der Waals surface area contributed by atoms with Gasteiger partial charge >= 0.3 is 0 Å². The fourth-order valence-corrected chi connectivity index (χ4v) is 3.65. The molecule has 0 aliphatic carbocycles. The number of rotatable bonds is 4. The number of halogens is 2. The van der Waals surface area contributed by atoms with Crippen LogP contribution in [0, 0.1) is 11.8 Å². The summed E-state index contributed by atoms with van der Waals surface area (Å²) in [5.41, 5.74) is 0. The van der Waals surface area contributed by atoms with Crippen molar-refractivity contribution in [3.8, 4) is 5.75 Å². The normalized spacial score (nSPS) is 24.4. The number of ether oxygens (including phenoxy) is 1. The Morgan fingerprint density at radius 2 is 2.00 bits per heavy atom. The van der Waals surface area contributed by atoms with Gasteiger partial charge in [0.25, 0.3) is 0 Å². The van der Waals surface area contributed by atoms with Gasteiger partial charge in [-0.25, -0.2) is 0 Å². The summed E-state index contributed by atoms with van der Waals surface area (Å²) in [5.74, 6) is 2.46. The van der Waals surface area contributed by atoms with Crippen molar-refractivity contribution in [1.82, 2.24) is 4.90 Å². The van der Waals surface area contributed by atoms with Crippen LogP contribution in [-0.2, 0) is 0 Å². The third-order valence-electron chi connectivity index (χ3n) is 3.50. The molecule has 0 spiro atoms. The van der Waals surface area contributed by atoms with Crippen molar-refractivity contribution in [3.05, 3.63) is 27.7 Å². The Labute approximate surface area is 129 Å². The lowest BCUT2D eigenvalue weighted by atomic mass is 9.92. The fraction of sp³-hybridized carbons (Fsp3) is 0.600. The molecular formula is C15H21BrClNO. The Balaban J connectivity index is 1.80. The van der Waals surface area contributed by atoms with Crippen LogP contribution in [0.1, 0.15) is 20.3 Å². The molecule has 2 atom stereocenters. The van der Waals surface area contributed by atoms with E-state index in [0.717, 1.165) is 40.2 Å². The Morgan fingerprint density at radius 3 is 2.63 bits per heavy atom. The van der Waals surface area contributed by atoms with Crippen molar-refractivity contribution in [1.29, 1.82) is 0 Å². The molecule has 0 amide bonds. The van der Waals surface area contributed by atoms with E-state index in [1.54, 1.807) is 0 Å². The summed E-state index contributed by atoms with van der Waals surface area (Å²) in [6.45, 7) is 8.76. The van der Waals surface area contributed by atoms with Crippen LogP contribution in [0.15, 0.2) is 22.7 Å². The van der Waals surface area contributed by atoms with Gasteiger partial charge in [0.1, 0.15) is 12.4 Å². The Bertz CT molecular complexity index is 417. The van der Waals surface area contributed by atoms with Gasteiger partial charge in [-0.15, -0.1) is 0 Å². The predicted molar refractivity (Wildman–Crippen MR) is 84.0 cm³/mol. The Kier molecular flexibility index (Phi) is 5.55. The lowest BCUT2D eigenvalue weighted by Crippen LogP contribution is -2.40. The van der Waals surface area contributed by atoms with Crippen LogP contribution in [0.4, 0.5) is 0 Å². The topological polar surface area (TPSA) is 12.5 Å². The van der Waals surface area contributed by atoms with E-state index in [9.17, 15) is 0 Å². The molecule has 2 rings (SSSR count). The van der Waals surface area contributed by atoms with E-state index in [4.69, 9.17) is 16.3 Å². The van der Waals surface area contributed by atoms with E-state index >= 15 is 0 Å². The van der Waals surface area contributed by atoms with Crippen LogP contribution in [-0.4, -0.2) is 31.1 Å². The summed E-state index contributed by atoms with van der Waals surface area (Å²) in [7, 11) is 0. The van der Waals surface area contributed by atoms with E-state index in [0.29, 0.717) is 0 Å². The molecule has 1 aromatic carbocycles. The van der Waals surface area contributed by atoms with Crippen LogP contribution in [0.5, 0.6) is 5.75 Å². The first-order valence-electron chi connectivity index (χ1n) is 6.85. The average Bonchev–Trinajstić information content (AvgIpc) is 2.30. The van der Waals surface area contributed by atoms with Crippen LogP contribution >= 0.6 is 27.5 Å². The van der Waals surface area contributed by atoms with E-state index in [1.807, 2.05) is 18.2 Å². The van der Waals surface area contributed by atoms with Gasteiger partial charge in [-0.3, -0.25) is 4.90 Å². The monoisotopic (exact) mass is 345 g/mol. The van der Waals surface area contributed by atoms with Gasteiger partial charge in [0.2, 0.25) is 0 Å². The molecule has 1 saturated heterocycles. The molecule has 1 aromatic rings. The molecule has 0 bridgehead atoms. The van der Waals surface area contributed by atoms with E-state index in [2.05, 4.69) is 34.7 Å². The summed E-state index contributed by atoms with van der Waals surface area (Å²) < 4.78 is 6.73. The second kappa shape index (κ2) is 6.96. The summed E-state index contributed by atoms with van der Waals surface area (Å²) in [4.78, 5) is 2.50. The van der Waals surface area contributed by atoms with Crippen molar-refractivity contribution in [2.45, 2.75) is 20.3 Å². The molecule has 1 aliphatic heterocycles. The van der Waals surface area contributed by atoms with Crippen LogP contribution in [0.25, 0.3) is 0 Å². The van der Waals surface area contributed by atoms with Gasteiger partial charge in [-0.1, -0.05) is 25.4 Å². The highest BCUT2D eigenvalue weighted by Gasteiger charge is 2.21.